The van der Waals surface area contributed by atoms with Gasteiger partial charge in [-0.1, -0.05) is 6.92 Å². The topological polar surface area (TPSA) is 24.5 Å². The van der Waals surface area contributed by atoms with Gasteiger partial charge in [-0.2, -0.15) is 0 Å². The smallest absolute Gasteiger partial charge is 0.0483 e. The molecular weight excluding hydrogens is 188 g/mol. The van der Waals surface area contributed by atoms with E-state index in [1.54, 1.807) is 0 Å². The molecule has 88 valence electrons. The number of ether oxygens (including phenoxy) is 1. The molecule has 15 heavy (non-hydrogen) atoms. The van der Waals surface area contributed by atoms with Crippen LogP contribution in [0.3, 0.4) is 0 Å². The Morgan fingerprint density at radius 3 is 2.80 bits per heavy atom. The van der Waals surface area contributed by atoms with Crippen LogP contribution in [0.4, 0.5) is 0 Å². The Labute approximate surface area is 93.2 Å². The first-order chi connectivity index (χ1) is 7.26. The fraction of sp³-hybridized carbons (Fsp3) is 1.00. The lowest BCUT2D eigenvalue weighted by atomic mass is 9.87. The van der Waals surface area contributed by atoms with Gasteiger partial charge in [0.25, 0.3) is 0 Å². The molecule has 0 aliphatic carbocycles. The van der Waals surface area contributed by atoms with Crippen molar-refractivity contribution in [2.45, 2.75) is 44.7 Å². The van der Waals surface area contributed by atoms with Crippen molar-refractivity contribution in [1.29, 1.82) is 0 Å². The van der Waals surface area contributed by atoms with Crippen LogP contribution in [0.15, 0.2) is 0 Å². The van der Waals surface area contributed by atoms with Crippen molar-refractivity contribution in [2.75, 3.05) is 32.8 Å². The maximum Gasteiger partial charge on any atom is 0.0483 e. The number of nitrogens with one attached hydrogen (secondary N) is 1. The third-order valence-corrected chi connectivity index (χ3v) is 4.08. The van der Waals surface area contributed by atoms with Crippen LogP contribution in [-0.4, -0.2) is 49.3 Å². The van der Waals surface area contributed by atoms with Crippen LogP contribution in [-0.2, 0) is 4.74 Å². The van der Waals surface area contributed by atoms with Gasteiger partial charge < -0.3 is 10.1 Å². The Balaban J connectivity index is 2.04. The molecule has 2 saturated heterocycles. The molecule has 2 heterocycles. The Hall–Kier alpha value is -0.120. The van der Waals surface area contributed by atoms with Gasteiger partial charge >= 0.3 is 0 Å². The highest BCUT2D eigenvalue weighted by Crippen LogP contribution is 2.30. The standard InChI is InChI=1S/C12H24N2O/c1-3-11-10-13-6-7-14(11)12(2)4-8-15-9-5-12/h11,13H,3-10H2,1-2H3. The van der Waals surface area contributed by atoms with E-state index in [4.69, 9.17) is 4.74 Å². The zero-order chi connectivity index (χ0) is 10.7. The van der Waals surface area contributed by atoms with E-state index in [0.717, 1.165) is 32.3 Å². The molecule has 3 heteroatoms. The molecular formula is C12H24N2O. The maximum absolute atomic E-state index is 5.48. The first-order valence-electron chi connectivity index (χ1n) is 6.31. The average Bonchev–Trinajstić information content (AvgIpc) is 2.30. The molecule has 2 rings (SSSR count). The molecule has 0 radical (unpaired) electrons. The lowest BCUT2D eigenvalue weighted by Crippen LogP contribution is -2.61. The van der Waals surface area contributed by atoms with Crippen LogP contribution in [0.2, 0.25) is 0 Å². The predicted octanol–water partition coefficient (Wildman–Crippen LogP) is 1.24. The van der Waals surface area contributed by atoms with Crippen molar-refractivity contribution in [1.82, 2.24) is 10.2 Å². The van der Waals surface area contributed by atoms with Crippen LogP contribution >= 0.6 is 0 Å². The lowest BCUT2D eigenvalue weighted by molar-refractivity contribution is -0.0463. The summed E-state index contributed by atoms with van der Waals surface area (Å²) in [6, 6.07) is 0.724. The Morgan fingerprint density at radius 2 is 2.13 bits per heavy atom. The van der Waals surface area contributed by atoms with Crippen LogP contribution in [0.25, 0.3) is 0 Å². The molecule has 0 aromatic carbocycles. The van der Waals surface area contributed by atoms with E-state index in [0.29, 0.717) is 5.54 Å². The molecule has 0 aromatic heterocycles. The number of hydrogen-bond donors (Lipinski definition) is 1. The molecule has 3 nitrogen and oxygen atoms in total. The summed E-state index contributed by atoms with van der Waals surface area (Å²) >= 11 is 0. The summed E-state index contributed by atoms with van der Waals surface area (Å²) in [5, 5.41) is 3.50. The summed E-state index contributed by atoms with van der Waals surface area (Å²) in [7, 11) is 0. The lowest BCUT2D eigenvalue weighted by Gasteiger charge is -2.50. The molecule has 1 unspecified atom stereocenters. The first-order valence-corrected chi connectivity index (χ1v) is 6.31. The Kier molecular flexibility index (Phi) is 3.65. The molecule has 2 aliphatic heterocycles. The SMILES string of the molecule is CCC1CNCCN1C1(C)CCOCC1. The normalized spacial score (nSPS) is 32.8. The predicted molar refractivity (Wildman–Crippen MR) is 62.1 cm³/mol. The highest BCUT2D eigenvalue weighted by molar-refractivity contribution is 4.94. The quantitative estimate of drug-likeness (QED) is 0.745. The minimum atomic E-state index is 0.390. The molecule has 0 spiro atoms. The van der Waals surface area contributed by atoms with Crippen LogP contribution < -0.4 is 5.32 Å². The van der Waals surface area contributed by atoms with Crippen LogP contribution in [0, 0.1) is 0 Å². The van der Waals surface area contributed by atoms with Crippen molar-refractivity contribution in [3.05, 3.63) is 0 Å². The second-order valence-electron chi connectivity index (χ2n) is 5.07. The van der Waals surface area contributed by atoms with Crippen molar-refractivity contribution in [3.8, 4) is 0 Å². The van der Waals surface area contributed by atoms with Crippen molar-refractivity contribution < 1.29 is 4.74 Å². The minimum absolute atomic E-state index is 0.390. The van der Waals surface area contributed by atoms with Crippen molar-refractivity contribution in [3.63, 3.8) is 0 Å². The van der Waals surface area contributed by atoms with Crippen molar-refractivity contribution >= 4 is 0 Å². The highest BCUT2D eigenvalue weighted by atomic mass is 16.5. The van der Waals surface area contributed by atoms with Gasteiger partial charge in [0.15, 0.2) is 0 Å². The third kappa shape index (κ3) is 2.35. The zero-order valence-electron chi connectivity index (χ0n) is 10.1. The third-order valence-electron chi connectivity index (χ3n) is 4.08. The van der Waals surface area contributed by atoms with E-state index < -0.39 is 0 Å². The molecule has 0 amide bonds. The van der Waals surface area contributed by atoms with E-state index in [9.17, 15) is 0 Å². The van der Waals surface area contributed by atoms with Crippen molar-refractivity contribution in [2.24, 2.45) is 0 Å². The average molecular weight is 212 g/mol. The van der Waals surface area contributed by atoms with E-state index in [2.05, 4.69) is 24.1 Å². The fourth-order valence-electron chi connectivity index (χ4n) is 2.93. The molecule has 2 fully saturated rings. The van der Waals surface area contributed by atoms with Gasteiger partial charge in [-0.15, -0.1) is 0 Å². The summed E-state index contributed by atoms with van der Waals surface area (Å²) in [6.07, 6.45) is 3.65. The first kappa shape index (κ1) is 11.4. The highest BCUT2D eigenvalue weighted by Gasteiger charge is 2.38. The van der Waals surface area contributed by atoms with E-state index in [-0.39, 0.29) is 0 Å². The van der Waals surface area contributed by atoms with Crippen LogP contribution in [0.1, 0.15) is 33.1 Å². The number of rotatable bonds is 2. The van der Waals surface area contributed by atoms with Gasteiger partial charge in [0.1, 0.15) is 0 Å². The van der Waals surface area contributed by atoms with E-state index in [1.807, 2.05) is 0 Å². The number of hydrogen-bond acceptors (Lipinski definition) is 3. The summed E-state index contributed by atoms with van der Waals surface area (Å²) in [6.45, 7) is 10.1. The molecule has 0 bridgehead atoms. The molecule has 2 aliphatic rings. The molecule has 0 saturated carbocycles. The summed E-state index contributed by atoms with van der Waals surface area (Å²) in [5.74, 6) is 0. The molecule has 0 aromatic rings. The molecule has 1 N–H and O–H groups in total. The maximum atomic E-state index is 5.48. The largest absolute Gasteiger partial charge is 0.381 e. The van der Waals surface area contributed by atoms with Gasteiger partial charge in [0.2, 0.25) is 0 Å². The Bertz CT molecular complexity index is 202. The van der Waals surface area contributed by atoms with Gasteiger partial charge in [-0.05, 0) is 26.2 Å². The summed E-state index contributed by atoms with van der Waals surface area (Å²) in [4.78, 5) is 2.73. The summed E-state index contributed by atoms with van der Waals surface area (Å²) in [5.41, 5.74) is 0.390. The van der Waals surface area contributed by atoms with E-state index in [1.165, 1.54) is 25.8 Å². The number of nitrogens with zero attached hydrogens (tertiary/aromatic N) is 1. The second kappa shape index (κ2) is 4.81. The zero-order valence-corrected chi connectivity index (χ0v) is 10.1. The van der Waals surface area contributed by atoms with Gasteiger partial charge in [0.05, 0.1) is 0 Å². The van der Waals surface area contributed by atoms with Gasteiger partial charge in [-0.3, -0.25) is 4.90 Å². The molecule has 1 atom stereocenters. The van der Waals surface area contributed by atoms with Crippen LogP contribution in [0.5, 0.6) is 0 Å². The summed E-state index contributed by atoms with van der Waals surface area (Å²) < 4.78 is 5.48. The fourth-order valence-corrected chi connectivity index (χ4v) is 2.93. The minimum Gasteiger partial charge on any atom is -0.381 e. The van der Waals surface area contributed by atoms with Gasteiger partial charge in [-0.25, -0.2) is 0 Å². The Morgan fingerprint density at radius 1 is 1.40 bits per heavy atom. The number of piperazine rings is 1. The second-order valence-corrected chi connectivity index (χ2v) is 5.07. The van der Waals surface area contributed by atoms with E-state index >= 15 is 0 Å². The van der Waals surface area contributed by atoms with Gasteiger partial charge in [0, 0.05) is 44.4 Å². The monoisotopic (exact) mass is 212 g/mol.